The van der Waals surface area contributed by atoms with E-state index in [1.165, 1.54) is 12.1 Å². The van der Waals surface area contributed by atoms with Gasteiger partial charge in [0.2, 0.25) is 5.82 Å². The monoisotopic (exact) mass is 480 g/mol. The van der Waals surface area contributed by atoms with Crippen LogP contribution in [0.2, 0.25) is 0 Å². The third-order valence-corrected chi connectivity index (χ3v) is 6.73. The van der Waals surface area contributed by atoms with Gasteiger partial charge in [-0.05, 0) is 71.6 Å². The van der Waals surface area contributed by atoms with Gasteiger partial charge in [-0.25, -0.2) is 8.78 Å². The average molecular weight is 481 g/mol. The van der Waals surface area contributed by atoms with E-state index in [0.717, 1.165) is 36.8 Å². The molecular weight excluding hydrogens is 449 g/mol. The van der Waals surface area contributed by atoms with Crippen molar-refractivity contribution in [2.24, 2.45) is 5.92 Å². The summed E-state index contributed by atoms with van der Waals surface area (Å²) in [6, 6.07) is 15.4. The van der Waals surface area contributed by atoms with Crippen LogP contribution in [0.3, 0.4) is 0 Å². The molecule has 1 aliphatic rings. The fourth-order valence-corrected chi connectivity index (χ4v) is 4.55. The summed E-state index contributed by atoms with van der Waals surface area (Å²) >= 11 is 0. The molecule has 3 aromatic carbocycles. The molecule has 0 heterocycles. The highest BCUT2D eigenvalue weighted by atomic mass is 19.2. The summed E-state index contributed by atoms with van der Waals surface area (Å²) < 4.78 is 54.8. The van der Waals surface area contributed by atoms with Crippen LogP contribution in [0.1, 0.15) is 56.1 Å². The molecule has 0 unspecified atom stereocenters. The van der Waals surface area contributed by atoms with Gasteiger partial charge < -0.3 is 9.47 Å². The van der Waals surface area contributed by atoms with Gasteiger partial charge >= 0.3 is 0 Å². The predicted molar refractivity (Wildman–Crippen MR) is 133 cm³/mol. The molecule has 3 aromatic rings. The van der Waals surface area contributed by atoms with E-state index in [4.69, 9.17) is 9.47 Å². The first-order valence-corrected chi connectivity index (χ1v) is 12.2. The minimum absolute atomic E-state index is 0.0694. The molecule has 1 fully saturated rings. The first kappa shape index (κ1) is 24.9. The molecule has 0 aliphatic heterocycles. The fourth-order valence-electron chi connectivity index (χ4n) is 4.55. The third-order valence-electron chi connectivity index (χ3n) is 6.73. The topological polar surface area (TPSA) is 18.5 Å². The van der Waals surface area contributed by atoms with E-state index in [1.807, 2.05) is 24.3 Å². The molecule has 0 bridgehead atoms. The SMILES string of the molecule is C=CCCOc1ccc(-c2ccc(COc3ccc(C4CCC(C)CC4)c(F)c3F)cc2)cc1F. The Morgan fingerprint density at radius 3 is 2.20 bits per heavy atom. The molecule has 184 valence electrons. The van der Waals surface area contributed by atoms with E-state index < -0.39 is 17.5 Å². The molecule has 1 saturated carbocycles. The Hall–Kier alpha value is -3.21. The van der Waals surface area contributed by atoms with Crippen molar-refractivity contribution in [1.29, 1.82) is 0 Å². The number of halogens is 3. The summed E-state index contributed by atoms with van der Waals surface area (Å²) in [4.78, 5) is 0. The summed E-state index contributed by atoms with van der Waals surface area (Å²) in [5, 5.41) is 0. The molecule has 35 heavy (non-hydrogen) atoms. The Morgan fingerprint density at radius 2 is 1.51 bits per heavy atom. The van der Waals surface area contributed by atoms with Gasteiger partial charge in [0.15, 0.2) is 23.1 Å². The van der Waals surface area contributed by atoms with Gasteiger partial charge in [0.25, 0.3) is 0 Å². The van der Waals surface area contributed by atoms with E-state index in [-0.39, 0.29) is 24.0 Å². The number of hydrogen-bond acceptors (Lipinski definition) is 2. The van der Waals surface area contributed by atoms with Gasteiger partial charge in [0.1, 0.15) is 6.61 Å². The van der Waals surface area contributed by atoms with Crippen LogP contribution in [-0.4, -0.2) is 6.61 Å². The second-order valence-electron chi connectivity index (χ2n) is 9.29. The summed E-state index contributed by atoms with van der Waals surface area (Å²) in [5.41, 5.74) is 2.79. The summed E-state index contributed by atoms with van der Waals surface area (Å²) in [6.07, 6.45) is 6.22. The largest absolute Gasteiger partial charge is 0.490 e. The van der Waals surface area contributed by atoms with Gasteiger partial charge in [-0.3, -0.25) is 0 Å². The van der Waals surface area contributed by atoms with Gasteiger partial charge in [-0.2, -0.15) is 4.39 Å². The van der Waals surface area contributed by atoms with Crippen LogP contribution in [0.4, 0.5) is 13.2 Å². The van der Waals surface area contributed by atoms with E-state index in [1.54, 1.807) is 24.3 Å². The van der Waals surface area contributed by atoms with Crippen LogP contribution in [0, 0.1) is 23.4 Å². The van der Waals surface area contributed by atoms with Crippen molar-refractivity contribution in [2.75, 3.05) is 6.61 Å². The molecule has 0 atom stereocenters. The number of ether oxygens (including phenoxy) is 2. The molecule has 0 amide bonds. The highest BCUT2D eigenvalue weighted by Crippen LogP contribution is 2.38. The lowest BCUT2D eigenvalue weighted by Crippen LogP contribution is -2.13. The zero-order chi connectivity index (χ0) is 24.8. The van der Waals surface area contributed by atoms with Gasteiger partial charge in [-0.1, -0.05) is 62.2 Å². The zero-order valence-electron chi connectivity index (χ0n) is 20.0. The highest BCUT2D eigenvalue weighted by Gasteiger charge is 2.25. The molecule has 2 nitrogen and oxygen atoms in total. The lowest BCUT2D eigenvalue weighted by molar-refractivity contribution is 0.282. The number of rotatable bonds is 9. The standard InChI is InChI=1S/C30H31F3O2/c1-3-4-17-34-27-15-13-24(18-26(27)31)22-11-7-21(8-12-22)19-35-28-16-14-25(29(32)30(28)33)23-9-5-20(2)6-10-23/h3,7-8,11-16,18,20,23H,1,4-6,9-10,17,19H2,2H3. The lowest BCUT2D eigenvalue weighted by Gasteiger charge is -2.27. The van der Waals surface area contributed by atoms with Crippen molar-refractivity contribution >= 4 is 0 Å². The molecule has 0 saturated heterocycles. The average Bonchev–Trinajstić information content (AvgIpc) is 2.87. The molecule has 4 rings (SSSR count). The molecule has 1 aliphatic carbocycles. The molecule has 0 N–H and O–H groups in total. The number of benzene rings is 3. The van der Waals surface area contributed by atoms with Crippen molar-refractivity contribution in [2.45, 2.75) is 51.6 Å². The maximum absolute atomic E-state index is 14.8. The summed E-state index contributed by atoms with van der Waals surface area (Å²) in [5.74, 6) is -1.32. The van der Waals surface area contributed by atoms with Crippen LogP contribution >= 0.6 is 0 Å². The Labute approximate surface area is 205 Å². The highest BCUT2D eigenvalue weighted by molar-refractivity contribution is 5.64. The summed E-state index contributed by atoms with van der Waals surface area (Å²) in [6.45, 7) is 6.29. The Morgan fingerprint density at radius 1 is 0.829 bits per heavy atom. The van der Waals surface area contributed by atoms with Crippen molar-refractivity contribution in [3.63, 3.8) is 0 Å². The van der Waals surface area contributed by atoms with E-state index in [0.29, 0.717) is 30.1 Å². The van der Waals surface area contributed by atoms with Crippen molar-refractivity contribution in [3.8, 4) is 22.6 Å². The predicted octanol–water partition coefficient (Wildman–Crippen LogP) is 8.60. The first-order chi connectivity index (χ1) is 17.0. The van der Waals surface area contributed by atoms with Gasteiger partial charge in [-0.15, -0.1) is 6.58 Å². The fraction of sp³-hybridized carbons (Fsp3) is 0.333. The maximum Gasteiger partial charge on any atom is 0.200 e. The van der Waals surface area contributed by atoms with Crippen LogP contribution in [0.5, 0.6) is 11.5 Å². The van der Waals surface area contributed by atoms with Crippen molar-refractivity contribution in [1.82, 2.24) is 0 Å². The summed E-state index contributed by atoms with van der Waals surface area (Å²) in [7, 11) is 0. The van der Waals surface area contributed by atoms with Crippen molar-refractivity contribution < 1.29 is 22.6 Å². The minimum atomic E-state index is -0.927. The van der Waals surface area contributed by atoms with Crippen LogP contribution in [0.15, 0.2) is 67.3 Å². The Balaban J connectivity index is 1.38. The molecular formula is C30H31F3O2. The quantitative estimate of drug-likeness (QED) is 0.225. The second-order valence-corrected chi connectivity index (χ2v) is 9.29. The van der Waals surface area contributed by atoms with Crippen molar-refractivity contribution in [3.05, 3.63) is 95.8 Å². The van der Waals surface area contributed by atoms with Crippen LogP contribution < -0.4 is 9.47 Å². The molecule has 0 radical (unpaired) electrons. The van der Waals surface area contributed by atoms with E-state index >= 15 is 0 Å². The van der Waals surface area contributed by atoms with Crippen LogP contribution in [0.25, 0.3) is 11.1 Å². The second kappa shape index (κ2) is 11.5. The smallest absolute Gasteiger partial charge is 0.200 e. The Bertz CT molecular complexity index is 1150. The normalized spacial score (nSPS) is 17.7. The molecule has 5 heteroatoms. The zero-order valence-corrected chi connectivity index (χ0v) is 20.0. The first-order valence-electron chi connectivity index (χ1n) is 12.2. The Kier molecular flexibility index (Phi) is 8.17. The van der Waals surface area contributed by atoms with E-state index in [9.17, 15) is 13.2 Å². The van der Waals surface area contributed by atoms with Crippen LogP contribution in [-0.2, 0) is 6.61 Å². The molecule has 0 aromatic heterocycles. The van der Waals surface area contributed by atoms with E-state index in [2.05, 4.69) is 13.5 Å². The van der Waals surface area contributed by atoms with Gasteiger partial charge in [0.05, 0.1) is 6.61 Å². The third kappa shape index (κ3) is 6.08. The number of hydrogen-bond donors (Lipinski definition) is 0. The maximum atomic E-state index is 14.8. The molecule has 0 spiro atoms. The lowest BCUT2D eigenvalue weighted by atomic mass is 9.79. The van der Waals surface area contributed by atoms with Gasteiger partial charge in [0, 0.05) is 0 Å². The minimum Gasteiger partial charge on any atom is -0.490 e.